The van der Waals surface area contributed by atoms with E-state index in [4.69, 9.17) is 11.1 Å². The summed E-state index contributed by atoms with van der Waals surface area (Å²) in [5.74, 6) is 1.12. The first-order chi connectivity index (χ1) is 10.1. The minimum atomic E-state index is 0.119. The highest BCUT2D eigenvalue weighted by Crippen LogP contribution is 2.27. The fraction of sp³-hybridized carbons (Fsp3) is 0.733. The van der Waals surface area contributed by atoms with Crippen LogP contribution < -0.4 is 10.6 Å². The Balaban J connectivity index is 1.73. The topological polar surface area (TPSA) is 74.2 Å². The van der Waals surface area contributed by atoms with Crippen LogP contribution in [-0.4, -0.2) is 52.7 Å². The lowest BCUT2D eigenvalue weighted by Gasteiger charge is -2.39. The molecule has 2 fully saturated rings. The zero-order valence-corrected chi connectivity index (χ0v) is 13.1. The monoisotopic (exact) mass is 290 g/mol. The maximum absolute atomic E-state index is 7.81. The molecule has 1 saturated heterocycles. The van der Waals surface area contributed by atoms with Gasteiger partial charge in [0.15, 0.2) is 0 Å². The lowest BCUT2D eigenvalue weighted by molar-refractivity contribution is 0.187. The molecule has 2 aliphatic rings. The summed E-state index contributed by atoms with van der Waals surface area (Å²) < 4.78 is 1.87. The first-order valence-corrected chi connectivity index (χ1v) is 7.95. The van der Waals surface area contributed by atoms with Crippen LogP contribution in [0.5, 0.6) is 0 Å². The molecular formula is C15H26N6. The third kappa shape index (κ3) is 2.64. The van der Waals surface area contributed by atoms with Crippen molar-refractivity contribution in [3.63, 3.8) is 0 Å². The van der Waals surface area contributed by atoms with Crippen molar-refractivity contribution < 1.29 is 0 Å². The van der Waals surface area contributed by atoms with E-state index >= 15 is 0 Å². The summed E-state index contributed by atoms with van der Waals surface area (Å²) >= 11 is 0. The Kier molecular flexibility index (Phi) is 3.89. The van der Waals surface area contributed by atoms with Gasteiger partial charge in [0.05, 0.1) is 11.3 Å². The normalized spacial score (nSPS) is 21.1. The molecule has 3 rings (SSSR count). The Labute approximate surface area is 126 Å². The highest BCUT2D eigenvalue weighted by atomic mass is 15.4. The van der Waals surface area contributed by atoms with Crippen molar-refractivity contribution in [3.05, 3.63) is 11.3 Å². The van der Waals surface area contributed by atoms with Crippen molar-refractivity contribution >= 4 is 11.7 Å². The number of nitrogen functional groups attached to an aromatic ring is 1. The molecule has 0 unspecified atom stereocenters. The highest BCUT2D eigenvalue weighted by Gasteiger charge is 2.29. The van der Waals surface area contributed by atoms with Gasteiger partial charge >= 0.3 is 0 Å². The van der Waals surface area contributed by atoms with Crippen LogP contribution in [0.3, 0.4) is 0 Å². The highest BCUT2D eigenvalue weighted by molar-refractivity contribution is 6.00. The second-order valence-corrected chi connectivity index (χ2v) is 6.28. The van der Waals surface area contributed by atoms with Gasteiger partial charge in [-0.2, -0.15) is 5.10 Å². The maximum Gasteiger partial charge on any atom is 0.137 e. The van der Waals surface area contributed by atoms with Crippen LogP contribution in [0.15, 0.2) is 0 Å². The lowest BCUT2D eigenvalue weighted by atomic mass is 10.1. The zero-order chi connectivity index (χ0) is 15.0. The molecule has 1 aromatic rings. The van der Waals surface area contributed by atoms with Gasteiger partial charge in [-0.05, 0) is 19.8 Å². The van der Waals surface area contributed by atoms with E-state index in [2.05, 4.69) is 14.9 Å². The third-order valence-electron chi connectivity index (χ3n) is 4.92. The molecule has 0 atom stereocenters. The number of rotatable bonds is 3. The van der Waals surface area contributed by atoms with Crippen LogP contribution in [0, 0.1) is 12.3 Å². The van der Waals surface area contributed by atoms with Gasteiger partial charge in [0.2, 0.25) is 0 Å². The van der Waals surface area contributed by atoms with Crippen LogP contribution in [0.25, 0.3) is 0 Å². The average Bonchev–Trinajstić information content (AvgIpc) is 3.06. The van der Waals surface area contributed by atoms with Crippen molar-refractivity contribution in [1.29, 1.82) is 5.41 Å². The molecule has 1 aliphatic carbocycles. The molecule has 6 nitrogen and oxygen atoms in total. The second-order valence-electron chi connectivity index (χ2n) is 6.28. The molecule has 3 N–H and O–H groups in total. The molecule has 0 bridgehead atoms. The Morgan fingerprint density at radius 1 is 1.19 bits per heavy atom. The summed E-state index contributed by atoms with van der Waals surface area (Å²) in [5.41, 5.74) is 7.40. The molecule has 0 amide bonds. The lowest BCUT2D eigenvalue weighted by Crippen LogP contribution is -2.50. The van der Waals surface area contributed by atoms with E-state index in [-0.39, 0.29) is 5.84 Å². The minimum absolute atomic E-state index is 0.119. The zero-order valence-electron chi connectivity index (χ0n) is 13.1. The number of amidine groups is 1. The molecule has 0 aromatic carbocycles. The van der Waals surface area contributed by atoms with Crippen molar-refractivity contribution in [1.82, 2.24) is 14.7 Å². The van der Waals surface area contributed by atoms with Gasteiger partial charge in [0.1, 0.15) is 11.7 Å². The van der Waals surface area contributed by atoms with Gasteiger partial charge in [-0.3, -0.25) is 15.0 Å². The number of aromatic nitrogens is 2. The molecule has 0 spiro atoms. The maximum atomic E-state index is 7.81. The Bertz CT molecular complexity index is 521. The van der Waals surface area contributed by atoms with E-state index in [0.717, 1.165) is 49.3 Å². The molecule has 116 valence electrons. The van der Waals surface area contributed by atoms with E-state index in [1.165, 1.54) is 25.7 Å². The summed E-state index contributed by atoms with van der Waals surface area (Å²) in [5, 5.41) is 12.3. The van der Waals surface area contributed by atoms with E-state index in [0.29, 0.717) is 0 Å². The standard InChI is InChI=1S/C15H26N6/c1-11-13(14(16)17)15(19(2)18-11)21-9-7-20(8-10-21)12-5-3-4-6-12/h12H,3-10H2,1-2H3,(H3,16,17). The predicted molar refractivity (Wildman–Crippen MR) is 85.0 cm³/mol. The smallest absolute Gasteiger partial charge is 0.137 e. The molecule has 1 aliphatic heterocycles. The fourth-order valence-corrected chi connectivity index (χ4v) is 3.89. The van der Waals surface area contributed by atoms with Gasteiger partial charge in [-0.25, -0.2) is 0 Å². The number of aryl methyl sites for hydroxylation is 2. The summed E-state index contributed by atoms with van der Waals surface area (Å²) in [6, 6.07) is 0.799. The van der Waals surface area contributed by atoms with Crippen LogP contribution in [0.4, 0.5) is 5.82 Å². The summed E-state index contributed by atoms with van der Waals surface area (Å²) in [6.07, 6.45) is 5.51. The van der Waals surface area contributed by atoms with Gasteiger partial charge in [-0.15, -0.1) is 0 Å². The molecule has 0 radical (unpaired) electrons. The quantitative estimate of drug-likeness (QED) is 0.645. The number of nitrogens with two attached hydrogens (primary N) is 1. The number of nitrogens with zero attached hydrogens (tertiary/aromatic N) is 4. The molecule has 1 aromatic heterocycles. The van der Waals surface area contributed by atoms with Gasteiger partial charge in [0, 0.05) is 39.3 Å². The number of hydrogen-bond acceptors (Lipinski definition) is 4. The first kappa shape index (κ1) is 14.4. The predicted octanol–water partition coefficient (Wildman–Crippen LogP) is 1.08. The van der Waals surface area contributed by atoms with E-state index < -0.39 is 0 Å². The molecule has 2 heterocycles. The van der Waals surface area contributed by atoms with Crippen molar-refractivity contribution in [2.45, 2.75) is 38.6 Å². The van der Waals surface area contributed by atoms with Gasteiger partial charge in [0.25, 0.3) is 0 Å². The SMILES string of the molecule is Cc1nn(C)c(N2CCN(C3CCCC3)CC2)c1C(=N)N. The first-order valence-electron chi connectivity index (χ1n) is 7.95. The fourth-order valence-electron chi connectivity index (χ4n) is 3.89. The number of hydrogen-bond donors (Lipinski definition) is 2. The second kappa shape index (κ2) is 5.67. The number of nitrogens with one attached hydrogen (secondary N) is 1. The van der Waals surface area contributed by atoms with E-state index in [9.17, 15) is 0 Å². The van der Waals surface area contributed by atoms with Crippen molar-refractivity contribution in [3.8, 4) is 0 Å². The van der Waals surface area contributed by atoms with Gasteiger partial charge in [-0.1, -0.05) is 12.8 Å². The van der Waals surface area contributed by atoms with Crippen LogP contribution in [0.1, 0.15) is 36.9 Å². The Hall–Kier alpha value is -1.56. The third-order valence-corrected chi connectivity index (χ3v) is 4.92. The molecular weight excluding hydrogens is 264 g/mol. The van der Waals surface area contributed by atoms with E-state index in [1.54, 1.807) is 0 Å². The van der Waals surface area contributed by atoms with Crippen LogP contribution >= 0.6 is 0 Å². The largest absolute Gasteiger partial charge is 0.384 e. The average molecular weight is 290 g/mol. The Morgan fingerprint density at radius 3 is 2.38 bits per heavy atom. The molecule has 21 heavy (non-hydrogen) atoms. The van der Waals surface area contributed by atoms with E-state index in [1.807, 2.05) is 18.7 Å². The molecule has 1 saturated carbocycles. The van der Waals surface area contributed by atoms with Crippen LogP contribution in [0.2, 0.25) is 0 Å². The number of piperazine rings is 1. The number of anilines is 1. The van der Waals surface area contributed by atoms with Crippen molar-refractivity contribution in [2.24, 2.45) is 12.8 Å². The van der Waals surface area contributed by atoms with Gasteiger partial charge < -0.3 is 10.6 Å². The van der Waals surface area contributed by atoms with Crippen LogP contribution in [-0.2, 0) is 7.05 Å². The minimum Gasteiger partial charge on any atom is -0.384 e. The van der Waals surface area contributed by atoms with Crippen molar-refractivity contribution in [2.75, 3.05) is 31.1 Å². The summed E-state index contributed by atoms with van der Waals surface area (Å²) in [6.45, 7) is 6.12. The summed E-state index contributed by atoms with van der Waals surface area (Å²) in [7, 11) is 1.94. The summed E-state index contributed by atoms with van der Waals surface area (Å²) in [4.78, 5) is 4.97. The molecule has 6 heteroatoms. The Morgan fingerprint density at radius 2 is 1.81 bits per heavy atom.